The normalized spacial score (nSPS) is 17.8. The van der Waals surface area contributed by atoms with Crippen LogP contribution in [0.3, 0.4) is 0 Å². The van der Waals surface area contributed by atoms with Gasteiger partial charge in [-0.3, -0.25) is 18.9 Å². The van der Waals surface area contributed by atoms with Crippen molar-refractivity contribution in [2.24, 2.45) is 0 Å². The molecule has 1 aliphatic heterocycles. The monoisotopic (exact) mass is 519 g/mol. The first-order valence-corrected chi connectivity index (χ1v) is 13.5. The molecule has 3 aromatic rings. The molecule has 2 aliphatic rings. The number of fused-ring (bicyclic) bond motifs is 1. The Balaban J connectivity index is 1.66. The van der Waals surface area contributed by atoms with Gasteiger partial charge in [-0.15, -0.1) is 0 Å². The fourth-order valence-electron chi connectivity index (χ4n) is 4.89. The highest BCUT2D eigenvalue weighted by molar-refractivity contribution is 8.26. The van der Waals surface area contributed by atoms with Gasteiger partial charge in [0.05, 0.1) is 4.91 Å². The first-order valence-electron chi connectivity index (χ1n) is 12.3. The molecule has 36 heavy (non-hydrogen) atoms. The van der Waals surface area contributed by atoms with Crippen LogP contribution in [0.15, 0.2) is 46.2 Å². The van der Waals surface area contributed by atoms with E-state index in [1.54, 1.807) is 17.2 Å². The van der Waals surface area contributed by atoms with Crippen LogP contribution in [0.25, 0.3) is 11.7 Å². The van der Waals surface area contributed by atoms with Crippen molar-refractivity contribution >= 4 is 45.9 Å². The maximum absolute atomic E-state index is 13.7. The topological polar surface area (TPSA) is 63.9 Å². The smallest absolute Gasteiger partial charge is 0.269 e. The summed E-state index contributed by atoms with van der Waals surface area (Å²) in [5.41, 5.74) is 3.39. The Hall–Kier alpha value is -2.97. The highest BCUT2D eigenvalue weighted by Crippen LogP contribution is 2.39. The minimum absolute atomic E-state index is 0.137. The van der Waals surface area contributed by atoms with Crippen LogP contribution < -0.4 is 10.3 Å². The molecular formula is C28H29N3O3S2. The molecule has 1 amide bonds. The van der Waals surface area contributed by atoms with E-state index in [2.05, 4.69) is 13.8 Å². The van der Waals surface area contributed by atoms with Gasteiger partial charge < -0.3 is 4.74 Å². The third-order valence-electron chi connectivity index (χ3n) is 6.84. The summed E-state index contributed by atoms with van der Waals surface area (Å²) in [4.78, 5) is 34.0. The molecule has 2 aromatic heterocycles. The van der Waals surface area contributed by atoms with Crippen LogP contribution in [0.1, 0.15) is 67.7 Å². The van der Waals surface area contributed by atoms with Crippen LogP contribution in [-0.4, -0.2) is 30.6 Å². The van der Waals surface area contributed by atoms with Crippen molar-refractivity contribution < 1.29 is 9.53 Å². The van der Waals surface area contributed by atoms with Crippen molar-refractivity contribution in [1.82, 2.24) is 14.3 Å². The summed E-state index contributed by atoms with van der Waals surface area (Å²) in [5, 5.41) is 0. The molecular weight excluding hydrogens is 490 g/mol. The summed E-state index contributed by atoms with van der Waals surface area (Å²) < 4.78 is 8.44. The first-order chi connectivity index (χ1) is 17.2. The van der Waals surface area contributed by atoms with Gasteiger partial charge in [0, 0.05) is 12.2 Å². The summed E-state index contributed by atoms with van der Waals surface area (Å²) in [6, 6.07) is 9.90. The van der Waals surface area contributed by atoms with E-state index >= 15 is 0 Å². The number of nitrogens with zero attached hydrogens (tertiary/aromatic N) is 3. The van der Waals surface area contributed by atoms with Crippen LogP contribution in [0.2, 0.25) is 0 Å². The zero-order valence-electron chi connectivity index (χ0n) is 20.9. The Morgan fingerprint density at radius 2 is 1.92 bits per heavy atom. The van der Waals surface area contributed by atoms with Gasteiger partial charge in [0.15, 0.2) is 0 Å². The number of aryl methyl sites for hydroxylation is 2. The maximum atomic E-state index is 13.7. The number of benzene rings is 1. The van der Waals surface area contributed by atoms with Crippen LogP contribution in [0.5, 0.6) is 11.6 Å². The minimum atomic E-state index is -0.288. The summed E-state index contributed by atoms with van der Waals surface area (Å²) in [6.07, 6.45) is 7.41. The number of carbonyl (C=O) groups is 1. The van der Waals surface area contributed by atoms with E-state index in [-0.39, 0.29) is 34.9 Å². The van der Waals surface area contributed by atoms with Crippen molar-refractivity contribution in [3.63, 3.8) is 0 Å². The van der Waals surface area contributed by atoms with E-state index in [1.807, 2.05) is 44.2 Å². The van der Waals surface area contributed by atoms with Crippen molar-refractivity contribution in [1.29, 1.82) is 0 Å². The number of ether oxygens (including phenoxy) is 1. The van der Waals surface area contributed by atoms with Crippen LogP contribution >= 0.6 is 24.0 Å². The number of pyridine rings is 1. The summed E-state index contributed by atoms with van der Waals surface area (Å²) in [5.74, 6) is 0.918. The quantitative estimate of drug-likeness (QED) is 0.288. The van der Waals surface area contributed by atoms with E-state index in [4.69, 9.17) is 21.9 Å². The summed E-state index contributed by atoms with van der Waals surface area (Å²) >= 11 is 6.81. The predicted molar refractivity (Wildman–Crippen MR) is 149 cm³/mol. The Kier molecular flexibility index (Phi) is 6.74. The number of rotatable bonds is 5. The average molecular weight is 520 g/mol. The lowest BCUT2D eigenvalue weighted by Crippen LogP contribution is -2.36. The van der Waals surface area contributed by atoms with Crippen molar-refractivity contribution in [3.8, 4) is 11.6 Å². The third kappa shape index (κ3) is 4.48. The molecule has 0 N–H and O–H groups in total. The molecule has 0 atom stereocenters. The van der Waals surface area contributed by atoms with Gasteiger partial charge in [-0.05, 0) is 67.5 Å². The molecule has 5 rings (SSSR count). The first kappa shape index (κ1) is 24.7. The standard InChI is InChI=1S/C28H29N3O3S2/c1-16(2)20-12-11-17(3)14-22(20)34-25-21(26(32)30-13-7-8-18(4)24(30)29-25)15-23-27(33)31(28(35)36-23)19-9-5-6-10-19/h7-8,11-16,19H,5-6,9-10H2,1-4H3/b23-15+. The van der Waals surface area contributed by atoms with Crippen molar-refractivity contribution in [2.45, 2.75) is 65.3 Å². The molecule has 1 saturated carbocycles. The van der Waals surface area contributed by atoms with Gasteiger partial charge in [-0.25, -0.2) is 0 Å². The lowest BCUT2D eigenvalue weighted by Gasteiger charge is -2.21. The van der Waals surface area contributed by atoms with E-state index in [1.165, 1.54) is 16.2 Å². The van der Waals surface area contributed by atoms with E-state index in [9.17, 15) is 9.59 Å². The second-order valence-electron chi connectivity index (χ2n) is 9.81. The Bertz CT molecular complexity index is 1470. The molecule has 6 nitrogen and oxygen atoms in total. The molecule has 0 radical (unpaired) electrons. The lowest BCUT2D eigenvalue weighted by molar-refractivity contribution is -0.123. The van der Waals surface area contributed by atoms with Gasteiger partial charge in [-0.1, -0.05) is 68.9 Å². The lowest BCUT2D eigenvalue weighted by atomic mass is 10.0. The van der Waals surface area contributed by atoms with E-state index in [0.717, 1.165) is 42.4 Å². The van der Waals surface area contributed by atoms with Gasteiger partial charge >= 0.3 is 0 Å². The zero-order valence-corrected chi connectivity index (χ0v) is 22.5. The predicted octanol–water partition coefficient (Wildman–Crippen LogP) is 6.37. The maximum Gasteiger partial charge on any atom is 0.269 e. The number of amides is 1. The average Bonchev–Trinajstić information content (AvgIpc) is 3.44. The highest BCUT2D eigenvalue weighted by atomic mass is 32.2. The second-order valence-corrected chi connectivity index (χ2v) is 11.5. The molecule has 1 aliphatic carbocycles. The van der Waals surface area contributed by atoms with Gasteiger partial charge in [-0.2, -0.15) is 4.98 Å². The SMILES string of the molecule is Cc1ccc(C(C)C)c(Oc2nc3c(C)cccn3c(=O)c2/C=C2/SC(=S)N(C3CCCC3)C2=O)c1. The fraction of sp³-hybridized carbons (Fsp3) is 0.357. The van der Waals surface area contributed by atoms with Crippen molar-refractivity contribution in [2.75, 3.05) is 0 Å². The summed E-state index contributed by atoms with van der Waals surface area (Å²) in [7, 11) is 0. The van der Waals surface area contributed by atoms with E-state index < -0.39 is 0 Å². The van der Waals surface area contributed by atoms with Crippen molar-refractivity contribution in [3.05, 3.63) is 74.0 Å². The molecule has 2 fully saturated rings. The number of carbonyl (C=O) groups excluding carboxylic acids is 1. The van der Waals surface area contributed by atoms with Crippen LogP contribution in [-0.2, 0) is 4.79 Å². The van der Waals surface area contributed by atoms with Gasteiger partial charge in [0.2, 0.25) is 5.88 Å². The second kappa shape index (κ2) is 9.82. The van der Waals surface area contributed by atoms with E-state index in [0.29, 0.717) is 20.6 Å². The fourth-order valence-corrected chi connectivity index (χ4v) is 6.27. The molecule has 0 unspecified atom stereocenters. The molecule has 8 heteroatoms. The number of aromatic nitrogens is 2. The minimum Gasteiger partial charge on any atom is -0.438 e. The number of hydrogen-bond acceptors (Lipinski definition) is 6. The third-order valence-corrected chi connectivity index (χ3v) is 8.17. The number of thiocarbonyl (C=S) groups is 1. The highest BCUT2D eigenvalue weighted by Gasteiger charge is 2.38. The van der Waals surface area contributed by atoms with Crippen LogP contribution in [0, 0.1) is 13.8 Å². The van der Waals surface area contributed by atoms with Gasteiger partial charge in [0.25, 0.3) is 11.5 Å². The number of thioether (sulfide) groups is 1. The Morgan fingerprint density at radius 3 is 2.64 bits per heavy atom. The Labute approximate surface area is 220 Å². The zero-order chi connectivity index (χ0) is 25.6. The molecule has 186 valence electrons. The molecule has 1 aromatic carbocycles. The molecule has 0 spiro atoms. The number of hydrogen-bond donors (Lipinski definition) is 0. The Morgan fingerprint density at radius 1 is 1.17 bits per heavy atom. The molecule has 3 heterocycles. The molecule has 1 saturated heterocycles. The van der Waals surface area contributed by atoms with Crippen LogP contribution in [0.4, 0.5) is 0 Å². The van der Waals surface area contributed by atoms with Gasteiger partial charge in [0.1, 0.15) is 21.3 Å². The largest absolute Gasteiger partial charge is 0.438 e. The summed E-state index contributed by atoms with van der Waals surface area (Å²) in [6.45, 7) is 8.10. The molecule has 0 bridgehead atoms.